The molecular formula is C19H24N2O3. The molecule has 1 atom stereocenters. The number of anilines is 1. The van der Waals surface area contributed by atoms with Crippen molar-refractivity contribution in [3.8, 4) is 5.75 Å². The van der Waals surface area contributed by atoms with E-state index in [1.54, 1.807) is 6.92 Å². The molecule has 0 aliphatic heterocycles. The number of amides is 2. The Morgan fingerprint density at radius 1 is 1.21 bits per heavy atom. The van der Waals surface area contributed by atoms with E-state index >= 15 is 0 Å². The Kier molecular flexibility index (Phi) is 6.63. The summed E-state index contributed by atoms with van der Waals surface area (Å²) in [6, 6.07) is 15.2. The molecule has 3 N–H and O–H groups in total. The van der Waals surface area contributed by atoms with E-state index in [1.165, 1.54) is 0 Å². The fourth-order valence-electron chi connectivity index (χ4n) is 2.17. The molecule has 0 saturated heterocycles. The minimum Gasteiger partial charge on any atom is -0.489 e. The molecule has 2 aromatic rings. The lowest BCUT2D eigenvalue weighted by atomic mass is 10.2. The van der Waals surface area contributed by atoms with Gasteiger partial charge in [0.05, 0.1) is 6.10 Å². The number of ether oxygens (including phenoxy) is 1. The summed E-state index contributed by atoms with van der Waals surface area (Å²) in [5.74, 6) is 0.761. The molecule has 0 aliphatic rings. The number of nitrogens with one attached hydrogen (secondary N) is 2. The maximum Gasteiger partial charge on any atom is 0.319 e. The van der Waals surface area contributed by atoms with Gasteiger partial charge in [-0.25, -0.2) is 4.79 Å². The van der Waals surface area contributed by atoms with E-state index in [4.69, 9.17) is 4.74 Å². The summed E-state index contributed by atoms with van der Waals surface area (Å²) >= 11 is 0. The minimum absolute atomic E-state index is 0.281. The fourth-order valence-corrected chi connectivity index (χ4v) is 2.17. The minimum atomic E-state index is -0.423. The van der Waals surface area contributed by atoms with Gasteiger partial charge in [-0.15, -0.1) is 0 Å². The number of rotatable bonds is 7. The molecule has 2 rings (SSSR count). The number of aliphatic hydroxyl groups is 1. The average molecular weight is 328 g/mol. The van der Waals surface area contributed by atoms with Gasteiger partial charge in [0.25, 0.3) is 0 Å². The van der Waals surface area contributed by atoms with Crippen LogP contribution in [0.25, 0.3) is 0 Å². The highest BCUT2D eigenvalue weighted by molar-refractivity contribution is 5.90. The second kappa shape index (κ2) is 8.93. The molecule has 0 heterocycles. The van der Waals surface area contributed by atoms with E-state index in [0.29, 0.717) is 19.6 Å². The lowest BCUT2D eigenvalue weighted by Gasteiger charge is -2.12. The van der Waals surface area contributed by atoms with Crippen molar-refractivity contribution in [3.05, 3.63) is 59.7 Å². The first kappa shape index (κ1) is 17.8. The molecule has 0 radical (unpaired) electrons. The summed E-state index contributed by atoms with van der Waals surface area (Å²) in [7, 11) is 0. The van der Waals surface area contributed by atoms with Crippen molar-refractivity contribution in [2.75, 3.05) is 11.9 Å². The largest absolute Gasteiger partial charge is 0.489 e. The third kappa shape index (κ3) is 5.93. The van der Waals surface area contributed by atoms with Crippen molar-refractivity contribution in [1.29, 1.82) is 0 Å². The normalized spacial score (nSPS) is 11.6. The van der Waals surface area contributed by atoms with Gasteiger partial charge in [0.15, 0.2) is 0 Å². The molecular weight excluding hydrogens is 304 g/mol. The lowest BCUT2D eigenvalue weighted by molar-refractivity contribution is 0.184. The van der Waals surface area contributed by atoms with Gasteiger partial charge >= 0.3 is 6.03 Å². The molecule has 1 unspecified atom stereocenters. The van der Waals surface area contributed by atoms with Gasteiger partial charge < -0.3 is 20.5 Å². The van der Waals surface area contributed by atoms with Crippen molar-refractivity contribution < 1.29 is 14.6 Å². The smallest absolute Gasteiger partial charge is 0.319 e. The fraction of sp³-hybridized carbons (Fsp3) is 0.316. The first-order chi connectivity index (χ1) is 11.5. The van der Waals surface area contributed by atoms with Crippen molar-refractivity contribution in [3.63, 3.8) is 0 Å². The first-order valence-corrected chi connectivity index (χ1v) is 8.05. The standard InChI is InChI=1S/C19H24N2O3/c1-14-12-17(24-13-16-6-4-3-5-7-16)8-9-18(14)21-19(23)20-11-10-15(2)22/h3-9,12,15,22H,10-11,13H2,1-2H3,(H2,20,21,23). The third-order valence-corrected chi connectivity index (χ3v) is 3.54. The molecule has 2 aromatic carbocycles. The highest BCUT2D eigenvalue weighted by atomic mass is 16.5. The number of benzene rings is 2. The Hall–Kier alpha value is -2.53. The van der Waals surface area contributed by atoms with Crippen LogP contribution < -0.4 is 15.4 Å². The zero-order valence-electron chi connectivity index (χ0n) is 14.1. The number of urea groups is 1. The molecule has 0 saturated carbocycles. The van der Waals surface area contributed by atoms with Crippen LogP contribution >= 0.6 is 0 Å². The molecule has 2 amide bonds. The van der Waals surface area contributed by atoms with Gasteiger partial charge in [0, 0.05) is 12.2 Å². The maximum atomic E-state index is 11.8. The van der Waals surface area contributed by atoms with Crippen LogP contribution in [0.5, 0.6) is 5.75 Å². The van der Waals surface area contributed by atoms with Gasteiger partial charge in [0.1, 0.15) is 12.4 Å². The number of carbonyl (C=O) groups is 1. The van der Waals surface area contributed by atoms with Crippen LogP contribution in [0.4, 0.5) is 10.5 Å². The Morgan fingerprint density at radius 2 is 1.96 bits per heavy atom. The molecule has 0 bridgehead atoms. The van der Waals surface area contributed by atoms with Crippen molar-refractivity contribution in [2.45, 2.75) is 33.0 Å². The second-order valence-corrected chi connectivity index (χ2v) is 5.77. The van der Waals surface area contributed by atoms with Gasteiger partial charge in [-0.2, -0.15) is 0 Å². The summed E-state index contributed by atoms with van der Waals surface area (Å²) in [6.07, 6.45) is 0.103. The molecule has 0 fully saturated rings. The van der Waals surface area contributed by atoms with Crippen LogP contribution in [0.3, 0.4) is 0 Å². The van der Waals surface area contributed by atoms with Crippen molar-refractivity contribution in [2.24, 2.45) is 0 Å². The SMILES string of the molecule is Cc1cc(OCc2ccccc2)ccc1NC(=O)NCCC(C)O. The number of carbonyl (C=O) groups excluding carboxylic acids is 1. The molecule has 24 heavy (non-hydrogen) atoms. The zero-order valence-corrected chi connectivity index (χ0v) is 14.1. The highest BCUT2D eigenvalue weighted by Crippen LogP contribution is 2.22. The molecule has 5 nitrogen and oxygen atoms in total. The van der Waals surface area contributed by atoms with E-state index in [2.05, 4.69) is 10.6 Å². The van der Waals surface area contributed by atoms with Crippen molar-refractivity contribution in [1.82, 2.24) is 5.32 Å². The quantitative estimate of drug-likeness (QED) is 0.729. The van der Waals surface area contributed by atoms with Crippen molar-refractivity contribution >= 4 is 11.7 Å². The third-order valence-electron chi connectivity index (χ3n) is 3.54. The molecule has 0 aromatic heterocycles. The van der Waals surface area contributed by atoms with E-state index in [9.17, 15) is 9.90 Å². The summed E-state index contributed by atoms with van der Waals surface area (Å²) in [5, 5.41) is 14.7. The van der Waals surface area contributed by atoms with Gasteiger partial charge in [-0.05, 0) is 49.6 Å². The first-order valence-electron chi connectivity index (χ1n) is 8.05. The van der Waals surface area contributed by atoms with E-state index in [1.807, 2.05) is 55.5 Å². The average Bonchev–Trinajstić information content (AvgIpc) is 2.56. The number of hydrogen-bond acceptors (Lipinski definition) is 3. The van der Waals surface area contributed by atoms with Gasteiger partial charge in [0.2, 0.25) is 0 Å². The van der Waals surface area contributed by atoms with Crippen LogP contribution in [0.2, 0.25) is 0 Å². The Morgan fingerprint density at radius 3 is 2.62 bits per heavy atom. The van der Waals surface area contributed by atoms with E-state index in [0.717, 1.165) is 22.6 Å². The van der Waals surface area contributed by atoms with Crippen LogP contribution in [0.15, 0.2) is 48.5 Å². The molecule has 128 valence electrons. The zero-order chi connectivity index (χ0) is 17.4. The summed E-state index contributed by atoms with van der Waals surface area (Å²) in [5.41, 5.74) is 2.76. The predicted octanol–water partition coefficient (Wildman–Crippen LogP) is 3.47. The monoisotopic (exact) mass is 328 g/mol. The summed E-state index contributed by atoms with van der Waals surface area (Å²) in [4.78, 5) is 11.8. The number of aliphatic hydroxyl groups excluding tert-OH is 1. The number of aryl methyl sites for hydroxylation is 1. The van der Waals surface area contributed by atoms with Crippen LogP contribution in [-0.4, -0.2) is 23.8 Å². The predicted molar refractivity (Wildman–Crippen MR) is 95.3 cm³/mol. The Labute approximate surface area is 142 Å². The van der Waals surface area contributed by atoms with Gasteiger partial charge in [-0.3, -0.25) is 0 Å². The van der Waals surface area contributed by atoms with Crippen LogP contribution in [-0.2, 0) is 6.61 Å². The molecule has 0 spiro atoms. The van der Waals surface area contributed by atoms with Crippen LogP contribution in [0, 0.1) is 6.92 Å². The maximum absolute atomic E-state index is 11.8. The van der Waals surface area contributed by atoms with E-state index < -0.39 is 6.10 Å². The molecule has 5 heteroatoms. The topological polar surface area (TPSA) is 70.6 Å². The van der Waals surface area contributed by atoms with E-state index in [-0.39, 0.29) is 6.03 Å². The number of hydrogen-bond donors (Lipinski definition) is 3. The Bertz CT molecular complexity index is 657. The summed E-state index contributed by atoms with van der Waals surface area (Å²) < 4.78 is 5.77. The van der Waals surface area contributed by atoms with Gasteiger partial charge in [-0.1, -0.05) is 30.3 Å². The van der Waals surface area contributed by atoms with Crippen LogP contribution in [0.1, 0.15) is 24.5 Å². The lowest BCUT2D eigenvalue weighted by Crippen LogP contribution is -2.31. The highest BCUT2D eigenvalue weighted by Gasteiger charge is 2.06. The Balaban J connectivity index is 1.86. The summed E-state index contributed by atoms with van der Waals surface area (Å²) in [6.45, 7) is 4.55. The second-order valence-electron chi connectivity index (χ2n) is 5.77. The molecule has 0 aliphatic carbocycles.